The van der Waals surface area contributed by atoms with Gasteiger partial charge in [-0.05, 0) is 6.42 Å². The Hall–Kier alpha value is -1.23. The Morgan fingerprint density at radius 2 is 1.27 bits per heavy atom. The quantitative estimate of drug-likeness (QED) is 0.222. The summed E-state index contributed by atoms with van der Waals surface area (Å²) >= 11 is 0. The number of hydrogen-bond donors (Lipinski definition) is 4. The van der Waals surface area contributed by atoms with Gasteiger partial charge in [-0.1, -0.05) is 64.7 Å². The molecule has 10 N–H and O–H groups in total. The molecule has 0 radical (unpaired) electrons. The molecule has 0 aliphatic rings. The van der Waals surface area contributed by atoms with Gasteiger partial charge in [0.1, 0.15) is 0 Å². The van der Waals surface area contributed by atoms with E-state index in [1.165, 1.54) is 38.5 Å². The summed E-state index contributed by atoms with van der Waals surface area (Å²) < 4.78 is 28.1. The van der Waals surface area contributed by atoms with Crippen LogP contribution in [0.15, 0.2) is 0 Å². The Kier molecular flexibility index (Phi) is 19.5. The second-order valence-electron chi connectivity index (χ2n) is 5.92. The van der Waals surface area contributed by atoms with Crippen LogP contribution in [0.25, 0.3) is 0 Å². The normalized spacial score (nSPS) is 11.9. The fourth-order valence-corrected chi connectivity index (χ4v) is 3.43. The van der Waals surface area contributed by atoms with Crippen LogP contribution in [0.2, 0.25) is 0 Å². The minimum Gasteiger partial charge on any atom is -0.481 e. The molecule has 0 bridgehead atoms. The molecule has 0 saturated heterocycles. The molecule has 0 aromatic heterocycles. The van der Waals surface area contributed by atoms with Crippen LogP contribution in [0.1, 0.15) is 77.6 Å². The SMILES string of the molecule is CCCCCCCCCCCCOS(=O)(=O)C(CC(=O)O)C(=O)O.[NH4+].[NH4+]. The van der Waals surface area contributed by atoms with Crippen LogP contribution in [-0.2, 0) is 23.9 Å². The fraction of sp³-hybridized carbons (Fsp3) is 0.875. The summed E-state index contributed by atoms with van der Waals surface area (Å²) in [4.78, 5) is 21.4. The average Bonchev–Trinajstić information content (AvgIpc) is 2.49. The van der Waals surface area contributed by atoms with Gasteiger partial charge in [-0.3, -0.25) is 13.8 Å². The first kappa shape index (κ1) is 29.5. The van der Waals surface area contributed by atoms with E-state index in [4.69, 9.17) is 10.2 Å². The van der Waals surface area contributed by atoms with Gasteiger partial charge in [-0.15, -0.1) is 0 Å². The molecule has 0 fully saturated rings. The van der Waals surface area contributed by atoms with Crippen molar-refractivity contribution in [2.75, 3.05) is 6.61 Å². The molecule has 0 spiro atoms. The molecular formula is C16H38N2O7S+2. The van der Waals surface area contributed by atoms with E-state index >= 15 is 0 Å². The zero-order chi connectivity index (χ0) is 18.4. The molecule has 9 nitrogen and oxygen atoms in total. The first-order valence-electron chi connectivity index (χ1n) is 8.64. The number of carbonyl (C=O) groups is 2. The number of unbranched alkanes of at least 4 members (excludes halogenated alkanes) is 9. The summed E-state index contributed by atoms with van der Waals surface area (Å²) in [6.07, 6.45) is 9.83. The summed E-state index contributed by atoms with van der Waals surface area (Å²) in [6, 6.07) is 0. The fourth-order valence-electron chi connectivity index (χ4n) is 2.32. The van der Waals surface area contributed by atoms with Crippen LogP contribution >= 0.6 is 0 Å². The highest BCUT2D eigenvalue weighted by Crippen LogP contribution is 2.13. The number of rotatable bonds is 16. The second kappa shape index (κ2) is 17.2. The highest BCUT2D eigenvalue weighted by Gasteiger charge is 2.35. The van der Waals surface area contributed by atoms with Gasteiger partial charge < -0.3 is 22.5 Å². The van der Waals surface area contributed by atoms with Crippen LogP contribution in [0.5, 0.6) is 0 Å². The van der Waals surface area contributed by atoms with Gasteiger partial charge in [0.25, 0.3) is 10.1 Å². The Labute approximate surface area is 156 Å². The molecule has 26 heavy (non-hydrogen) atoms. The van der Waals surface area contributed by atoms with E-state index in [0.717, 1.165) is 19.3 Å². The van der Waals surface area contributed by atoms with Gasteiger partial charge in [-0.2, -0.15) is 8.42 Å². The minimum atomic E-state index is -4.41. The largest absolute Gasteiger partial charge is 0.481 e. The summed E-state index contributed by atoms with van der Waals surface area (Å²) in [5.41, 5.74) is 0. The lowest BCUT2D eigenvalue weighted by atomic mass is 10.1. The van der Waals surface area contributed by atoms with Crippen molar-refractivity contribution in [2.24, 2.45) is 0 Å². The average molecular weight is 403 g/mol. The van der Waals surface area contributed by atoms with Crippen molar-refractivity contribution in [3.63, 3.8) is 0 Å². The number of carboxylic acids is 2. The molecule has 0 heterocycles. The summed E-state index contributed by atoms with van der Waals surface area (Å²) in [5.74, 6) is -3.20. The van der Waals surface area contributed by atoms with Crippen molar-refractivity contribution in [3.05, 3.63) is 0 Å². The third-order valence-corrected chi connectivity index (χ3v) is 5.29. The predicted octanol–water partition coefficient (Wildman–Crippen LogP) is 3.93. The lowest BCUT2D eigenvalue weighted by Gasteiger charge is -2.11. The van der Waals surface area contributed by atoms with Crippen molar-refractivity contribution in [3.8, 4) is 0 Å². The number of aliphatic carboxylic acids is 2. The highest BCUT2D eigenvalue weighted by molar-refractivity contribution is 7.88. The molecule has 0 aliphatic heterocycles. The van der Waals surface area contributed by atoms with Crippen LogP contribution in [-0.4, -0.2) is 42.4 Å². The van der Waals surface area contributed by atoms with Crippen molar-refractivity contribution < 1.29 is 32.4 Å². The van der Waals surface area contributed by atoms with Crippen LogP contribution in [0.4, 0.5) is 0 Å². The topological polar surface area (TPSA) is 191 Å². The van der Waals surface area contributed by atoms with Gasteiger partial charge in [0.05, 0.1) is 13.0 Å². The molecular weight excluding hydrogens is 364 g/mol. The van der Waals surface area contributed by atoms with Gasteiger partial charge in [0.2, 0.25) is 0 Å². The summed E-state index contributed by atoms with van der Waals surface area (Å²) in [6.45, 7) is 2.07. The predicted molar refractivity (Wildman–Crippen MR) is 102 cm³/mol. The lowest BCUT2D eigenvalue weighted by Crippen LogP contribution is -2.34. The van der Waals surface area contributed by atoms with Crippen LogP contribution in [0, 0.1) is 0 Å². The van der Waals surface area contributed by atoms with E-state index < -0.39 is 33.7 Å². The molecule has 1 unspecified atom stereocenters. The number of quaternary nitrogens is 2. The monoisotopic (exact) mass is 402 g/mol. The van der Waals surface area contributed by atoms with Gasteiger partial charge in [-0.25, -0.2) is 0 Å². The summed E-state index contributed by atoms with van der Waals surface area (Å²) in [7, 11) is -4.41. The number of hydrogen-bond acceptors (Lipinski definition) is 5. The van der Waals surface area contributed by atoms with Crippen molar-refractivity contribution >= 4 is 22.1 Å². The molecule has 1 atom stereocenters. The highest BCUT2D eigenvalue weighted by atomic mass is 32.2. The maximum absolute atomic E-state index is 11.7. The standard InChI is InChI=1S/C16H30O7S.2H3N/c1-2-3-4-5-6-7-8-9-10-11-12-23-24(21,22)14(16(19)20)13-15(17)18;;/h14H,2-13H2,1H3,(H,17,18)(H,19,20);2*1H3/p+2. The smallest absolute Gasteiger partial charge is 0.325 e. The molecule has 0 aromatic carbocycles. The van der Waals surface area contributed by atoms with Crippen molar-refractivity contribution in [2.45, 2.75) is 82.8 Å². The molecule has 0 amide bonds. The van der Waals surface area contributed by atoms with E-state index in [-0.39, 0.29) is 18.9 Å². The first-order valence-corrected chi connectivity index (χ1v) is 10.1. The third-order valence-electron chi connectivity index (χ3n) is 3.73. The van der Waals surface area contributed by atoms with Crippen LogP contribution in [0.3, 0.4) is 0 Å². The Morgan fingerprint density at radius 3 is 1.65 bits per heavy atom. The van der Waals surface area contributed by atoms with Gasteiger partial charge in [0.15, 0.2) is 5.25 Å². The van der Waals surface area contributed by atoms with E-state index in [2.05, 4.69) is 11.1 Å². The van der Waals surface area contributed by atoms with E-state index in [0.29, 0.717) is 6.42 Å². The molecule has 158 valence electrons. The Balaban J connectivity index is -0.00000264. The molecule has 0 aliphatic carbocycles. The molecule has 0 saturated carbocycles. The van der Waals surface area contributed by atoms with E-state index in [1.807, 2.05) is 0 Å². The Morgan fingerprint density at radius 1 is 0.846 bits per heavy atom. The minimum absolute atomic E-state index is 0. The van der Waals surface area contributed by atoms with Crippen molar-refractivity contribution in [1.29, 1.82) is 0 Å². The van der Waals surface area contributed by atoms with Gasteiger partial charge >= 0.3 is 11.9 Å². The second-order valence-corrected chi connectivity index (χ2v) is 7.71. The molecule has 10 heteroatoms. The maximum atomic E-state index is 11.7. The first-order chi connectivity index (χ1) is 11.3. The molecule has 0 rings (SSSR count). The third kappa shape index (κ3) is 15.1. The number of carboxylic acid groups (broad SMARTS) is 2. The molecule has 0 aromatic rings. The lowest BCUT2D eigenvalue weighted by molar-refractivity contribution is -0.143. The zero-order valence-electron chi connectivity index (χ0n) is 16.4. The van der Waals surface area contributed by atoms with E-state index in [1.54, 1.807) is 0 Å². The van der Waals surface area contributed by atoms with Crippen molar-refractivity contribution in [1.82, 2.24) is 12.3 Å². The van der Waals surface area contributed by atoms with Gasteiger partial charge in [0, 0.05) is 0 Å². The Bertz CT molecular complexity index is 469. The van der Waals surface area contributed by atoms with Crippen LogP contribution < -0.4 is 12.3 Å². The zero-order valence-corrected chi connectivity index (χ0v) is 17.2. The maximum Gasteiger partial charge on any atom is 0.325 e. The summed E-state index contributed by atoms with van der Waals surface area (Å²) in [5, 5.41) is 15.3. The van der Waals surface area contributed by atoms with E-state index in [9.17, 15) is 18.0 Å².